The molecule has 0 aromatic rings. The van der Waals surface area contributed by atoms with Crippen LogP contribution in [0, 0.1) is 24.2 Å². The van der Waals surface area contributed by atoms with Crippen molar-refractivity contribution >= 4 is 0 Å². The van der Waals surface area contributed by atoms with E-state index in [-0.39, 0.29) is 0 Å². The van der Waals surface area contributed by atoms with E-state index in [2.05, 4.69) is 26.7 Å². The smallest absolute Gasteiger partial charge is 0.0225 e. The molecule has 0 spiro atoms. The highest BCUT2D eigenvalue weighted by Gasteiger charge is 2.10. The molecule has 0 nitrogen and oxygen atoms in total. The number of hydrogen-bond acceptors (Lipinski definition) is 0. The highest BCUT2D eigenvalue weighted by molar-refractivity contribution is 4.94. The summed E-state index contributed by atoms with van der Waals surface area (Å²) < 4.78 is 0. The van der Waals surface area contributed by atoms with E-state index in [0.29, 0.717) is 11.8 Å². The first kappa shape index (κ1) is 9.56. The fourth-order valence-corrected chi connectivity index (χ4v) is 1.13. The third-order valence-corrected chi connectivity index (χ3v) is 2.14. The Balaban J connectivity index is 3.71. The molecule has 0 bridgehead atoms. The van der Waals surface area contributed by atoms with Crippen LogP contribution in [0.4, 0.5) is 0 Å². The maximum Gasteiger partial charge on any atom is 0.0225 e. The van der Waals surface area contributed by atoms with Gasteiger partial charge in [-0.25, -0.2) is 0 Å². The second kappa shape index (κ2) is 5.35. The van der Waals surface area contributed by atoms with Crippen LogP contribution >= 0.6 is 0 Å². The Morgan fingerprint density at radius 3 is 2.30 bits per heavy atom. The van der Waals surface area contributed by atoms with Crippen LogP contribution in [0.3, 0.4) is 0 Å². The maximum atomic E-state index is 5.39. The first-order valence-corrected chi connectivity index (χ1v) is 4.22. The molecule has 0 aromatic heterocycles. The van der Waals surface area contributed by atoms with Gasteiger partial charge in [0.25, 0.3) is 0 Å². The highest BCUT2D eigenvalue weighted by atomic mass is 14.1. The van der Waals surface area contributed by atoms with Gasteiger partial charge in [0.15, 0.2) is 0 Å². The third kappa shape index (κ3) is 2.92. The van der Waals surface area contributed by atoms with Gasteiger partial charge >= 0.3 is 0 Å². The van der Waals surface area contributed by atoms with Crippen LogP contribution in [0.25, 0.3) is 0 Å². The minimum absolute atomic E-state index is 0.509. The van der Waals surface area contributed by atoms with E-state index in [1.165, 1.54) is 19.3 Å². The lowest BCUT2D eigenvalue weighted by atomic mass is 9.89. The van der Waals surface area contributed by atoms with Crippen molar-refractivity contribution in [3.05, 3.63) is 0 Å². The van der Waals surface area contributed by atoms with Gasteiger partial charge in [0.2, 0.25) is 0 Å². The molecular weight excluding hydrogens is 120 g/mol. The molecule has 0 saturated heterocycles. The molecule has 0 aliphatic heterocycles. The lowest BCUT2D eigenvalue weighted by molar-refractivity contribution is 0.403. The van der Waals surface area contributed by atoms with Crippen LogP contribution in [0.2, 0.25) is 0 Å². The molecule has 0 fully saturated rings. The minimum Gasteiger partial charge on any atom is -0.120 e. The molecule has 0 N–H and O–H groups in total. The van der Waals surface area contributed by atoms with Gasteiger partial charge in [0.05, 0.1) is 0 Å². The van der Waals surface area contributed by atoms with Gasteiger partial charge in [-0.2, -0.15) is 0 Å². The molecule has 10 heavy (non-hydrogen) atoms. The van der Waals surface area contributed by atoms with E-state index in [0.717, 1.165) is 0 Å². The second-order valence-corrected chi connectivity index (χ2v) is 2.95. The van der Waals surface area contributed by atoms with E-state index >= 15 is 0 Å². The van der Waals surface area contributed by atoms with Crippen molar-refractivity contribution in [1.29, 1.82) is 0 Å². The predicted molar refractivity (Wildman–Crippen MR) is 46.7 cm³/mol. The Kier molecular flexibility index (Phi) is 5.12. The largest absolute Gasteiger partial charge is 0.120 e. The average molecular weight is 138 g/mol. The van der Waals surface area contributed by atoms with Crippen molar-refractivity contribution in [1.82, 2.24) is 0 Å². The molecule has 0 rings (SSSR count). The van der Waals surface area contributed by atoms with Crippen LogP contribution in [0.15, 0.2) is 0 Å². The zero-order chi connectivity index (χ0) is 7.98. The first-order chi connectivity index (χ1) is 4.76. The summed E-state index contributed by atoms with van der Waals surface area (Å²) in [5.74, 6) is 4.06. The van der Waals surface area contributed by atoms with E-state index in [1.54, 1.807) is 0 Å². The van der Waals surface area contributed by atoms with Crippen molar-refractivity contribution in [3.8, 4) is 12.3 Å². The van der Waals surface area contributed by atoms with Gasteiger partial charge < -0.3 is 0 Å². The van der Waals surface area contributed by atoms with Crippen LogP contribution in [0.5, 0.6) is 0 Å². The summed E-state index contributed by atoms with van der Waals surface area (Å²) in [6.07, 6.45) is 8.98. The van der Waals surface area contributed by atoms with E-state index in [9.17, 15) is 0 Å². The zero-order valence-corrected chi connectivity index (χ0v) is 7.35. The van der Waals surface area contributed by atoms with Crippen molar-refractivity contribution in [3.63, 3.8) is 0 Å². The third-order valence-electron chi connectivity index (χ3n) is 2.14. The fraction of sp³-hybridized carbons (Fsp3) is 0.800. The Hall–Kier alpha value is -0.440. The summed E-state index contributed by atoms with van der Waals surface area (Å²) >= 11 is 0. The minimum atomic E-state index is 0.509. The van der Waals surface area contributed by atoms with Crippen LogP contribution in [-0.4, -0.2) is 0 Å². The fourth-order valence-electron chi connectivity index (χ4n) is 1.13. The Bertz CT molecular complexity index is 108. The highest BCUT2D eigenvalue weighted by Crippen LogP contribution is 2.18. The van der Waals surface area contributed by atoms with Gasteiger partial charge in [-0.15, -0.1) is 12.3 Å². The SMILES string of the molecule is C#CC(CCC)C(C)CC. The molecule has 0 saturated carbocycles. The summed E-state index contributed by atoms with van der Waals surface area (Å²) in [5.41, 5.74) is 0. The van der Waals surface area contributed by atoms with E-state index in [4.69, 9.17) is 6.42 Å². The molecule has 0 aliphatic carbocycles. The van der Waals surface area contributed by atoms with Crippen LogP contribution in [0.1, 0.15) is 40.0 Å². The summed E-state index contributed by atoms with van der Waals surface area (Å²) in [5, 5.41) is 0. The number of hydrogen-bond donors (Lipinski definition) is 0. The van der Waals surface area contributed by atoms with Gasteiger partial charge in [0.1, 0.15) is 0 Å². The van der Waals surface area contributed by atoms with Crippen LogP contribution in [-0.2, 0) is 0 Å². The summed E-state index contributed by atoms with van der Waals surface area (Å²) in [7, 11) is 0. The van der Waals surface area contributed by atoms with E-state index in [1.807, 2.05) is 0 Å². The van der Waals surface area contributed by atoms with E-state index < -0.39 is 0 Å². The molecule has 2 unspecified atom stereocenters. The van der Waals surface area contributed by atoms with Crippen LogP contribution < -0.4 is 0 Å². The topological polar surface area (TPSA) is 0 Å². The molecule has 2 atom stereocenters. The Morgan fingerprint density at radius 2 is 2.00 bits per heavy atom. The van der Waals surface area contributed by atoms with Gasteiger partial charge in [-0.05, 0) is 12.3 Å². The van der Waals surface area contributed by atoms with Crippen molar-refractivity contribution in [2.24, 2.45) is 11.8 Å². The zero-order valence-electron chi connectivity index (χ0n) is 7.35. The first-order valence-electron chi connectivity index (χ1n) is 4.22. The quantitative estimate of drug-likeness (QED) is 0.524. The predicted octanol–water partition coefficient (Wildman–Crippen LogP) is 3.08. The lowest BCUT2D eigenvalue weighted by Crippen LogP contribution is -2.07. The van der Waals surface area contributed by atoms with Crippen molar-refractivity contribution in [2.75, 3.05) is 0 Å². The van der Waals surface area contributed by atoms with Gasteiger partial charge in [0, 0.05) is 5.92 Å². The maximum absolute atomic E-state index is 5.39. The van der Waals surface area contributed by atoms with Crippen molar-refractivity contribution < 1.29 is 0 Å². The Morgan fingerprint density at radius 1 is 1.40 bits per heavy atom. The molecule has 0 amide bonds. The Labute approximate surface area is 65.0 Å². The van der Waals surface area contributed by atoms with Gasteiger partial charge in [-0.1, -0.05) is 33.6 Å². The van der Waals surface area contributed by atoms with Gasteiger partial charge in [-0.3, -0.25) is 0 Å². The molecule has 0 heteroatoms. The molecular formula is C10H18. The molecule has 0 radical (unpaired) electrons. The summed E-state index contributed by atoms with van der Waals surface area (Å²) in [6.45, 7) is 6.62. The normalized spacial score (nSPS) is 15.8. The summed E-state index contributed by atoms with van der Waals surface area (Å²) in [4.78, 5) is 0. The molecule has 0 heterocycles. The van der Waals surface area contributed by atoms with Crippen molar-refractivity contribution in [2.45, 2.75) is 40.0 Å². The molecule has 0 aromatic carbocycles. The lowest BCUT2D eigenvalue weighted by Gasteiger charge is -2.15. The molecule has 58 valence electrons. The molecule has 0 aliphatic rings. The summed E-state index contributed by atoms with van der Waals surface area (Å²) in [6, 6.07) is 0. The number of rotatable bonds is 4. The standard InChI is InChI=1S/C10H18/c1-5-8-10(7-3)9(4)6-2/h3,9-10H,5-6,8H2,1-2,4H3. The average Bonchev–Trinajstić information content (AvgIpc) is 1.99. The monoisotopic (exact) mass is 138 g/mol. The number of terminal acetylenes is 1. The second-order valence-electron chi connectivity index (χ2n) is 2.95.